The highest BCUT2D eigenvalue weighted by Gasteiger charge is 2.46. The third kappa shape index (κ3) is 1.41. The minimum Gasteiger partial charge on any atom is -0.462 e. The van der Waals surface area contributed by atoms with E-state index in [2.05, 4.69) is 0 Å². The Balaban J connectivity index is 2.20. The largest absolute Gasteiger partial charge is 0.462 e. The molecule has 0 saturated heterocycles. The van der Waals surface area contributed by atoms with Gasteiger partial charge in [0.25, 0.3) is 0 Å². The lowest BCUT2D eigenvalue weighted by Gasteiger charge is -2.04. The molecule has 0 aromatic heterocycles. The average Bonchev–Trinajstić information content (AvgIpc) is 2.84. The van der Waals surface area contributed by atoms with Crippen LogP contribution in [0.1, 0.15) is 26.2 Å². The molecule has 0 aliphatic heterocycles. The van der Waals surface area contributed by atoms with Crippen molar-refractivity contribution in [1.82, 2.24) is 0 Å². The molecule has 2 unspecified atom stereocenters. The molecule has 74 valence electrons. The molecule has 2 saturated carbocycles. The second-order valence-corrected chi connectivity index (χ2v) is 3.87. The lowest BCUT2D eigenvalue weighted by Crippen LogP contribution is -2.09. The van der Waals surface area contributed by atoms with Gasteiger partial charge in [0.05, 0.1) is 6.61 Å². The number of rotatable bonds is 2. The summed E-state index contributed by atoms with van der Waals surface area (Å²) in [6.45, 7) is 2.09. The smallest absolute Gasteiger partial charge is 0.348 e. The lowest BCUT2D eigenvalue weighted by atomic mass is 10.0. The van der Waals surface area contributed by atoms with Crippen LogP contribution in [0.4, 0.5) is 0 Å². The highest BCUT2D eigenvalue weighted by molar-refractivity contribution is 5.94. The maximum Gasteiger partial charge on any atom is 0.348 e. The molecule has 0 amide bonds. The van der Waals surface area contributed by atoms with E-state index in [1.54, 1.807) is 6.92 Å². The van der Waals surface area contributed by atoms with E-state index in [-0.39, 0.29) is 5.57 Å². The predicted octanol–water partition coefficient (Wildman–Crippen LogP) is 1.80. The molecule has 2 aliphatic rings. The molecule has 0 N–H and O–H groups in total. The number of nitriles is 1. The van der Waals surface area contributed by atoms with Gasteiger partial charge in [0.15, 0.2) is 0 Å². The maximum atomic E-state index is 11.4. The quantitative estimate of drug-likeness (QED) is 0.380. The highest BCUT2D eigenvalue weighted by Crippen LogP contribution is 2.55. The van der Waals surface area contributed by atoms with Gasteiger partial charge in [-0.1, -0.05) is 0 Å². The van der Waals surface area contributed by atoms with Crippen LogP contribution in [0.2, 0.25) is 0 Å². The Labute approximate surface area is 83.4 Å². The van der Waals surface area contributed by atoms with Crippen LogP contribution in [-0.4, -0.2) is 12.6 Å². The number of hydrogen-bond acceptors (Lipinski definition) is 3. The van der Waals surface area contributed by atoms with Crippen LogP contribution in [-0.2, 0) is 9.53 Å². The van der Waals surface area contributed by atoms with Crippen molar-refractivity contribution >= 4 is 5.97 Å². The fourth-order valence-electron chi connectivity index (χ4n) is 2.28. The van der Waals surface area contributed by atoms with E-state index < -0.39 is 5.97 Å². The molecule has 0 bridgehead atoms. The molecular weight excluding hydrogens is 178 g/mol. The third-order valence-electron chi connectivity index (χ3n) is 3.07. The number of ether oxygens (including phenoxy) is 1. The molecule has 0 spiro atoms. The molecular formula is C11H13NO2. The normalized spacial score (nSPS) is 31.7. The van der Waals surface area contributed by atoms with E-state index in [1.807, 2.05) is 6.07 Å². The van der Waals surface area contributed by atoms with Crippen molar-refractivity contribution < 1.29 is 9.53 Å². The third-order valence-corrected chi connectivity index (χ3v) is 3.07. The van der Waals surface area contributed by atoms with Crippen LogP contribution in [0.25, 0.3) is 0 Å². The summed E-state index contributed by atoms with van der Waals surface area (Å²) in [5, 5.41) is 8.91. The average molecular weight is 191 g/mol. The summed E-state index contributed by atoms with van der Waals surface area (Å²) in [7, 11) is 0. The molecule has 2 atom stereocenters. The van der Waals surface area contributed by atoms with Crippen molar-refractivity contribution in [3.05, 3.63) is 11.1 Å². The Morgan fingerprint density at radius 2 is 2.50 bits per heavy atom. The van der Waals surface area contributed by atoms with Crippen LogP contribution in [0.15, 0.2) is 11.1 Å². The second kappa shape index (κ2) is 3.45. The van der Waals surface area contributed by atoms with Gasteiger partial charge in [0, 0.05) is 0 Å². The van der Waals surface area contributed by atoms with Gasteiger partial charge in [-0.3, -0.25) is 0 Å². The summed E-state index contributed by atoms with van der Waals surface area (Å²) in [6, 6.07) is 1.99. The summed E-state index contributed by atoms with van der Waals surface area (Å²) in [6.07, 6.45) is 3.22. The molecule has 3 nitrogen and oxygen atoms in total. The molecule has 2 aliphatic carbocycles. The fraction of sp³-hybridized carbons (Fsp3) is 0.636. The zero-order chi connectivity index (χ0) is 10.1. The van der Waals surface area contributed by atoms with E-state index in [9.17, 15) is 4.79 Å². The molecule has 14 heavy (non-hydrogen) atoms. The van der Waals surface area contributed by atoms with Gasteiger partial charge in [-0.2, -0.15) is 5.26 Å². The van der Waals surface area contributed by atoms with Gasteiger partial charge < -0.3 is 4.74 Å². The van der Waals surface area contributed by atoms with Crippen molar-refractivity contribution in [2.75, 3.05) is 6.61 Å². The van der Waals surface area contributed by atoms with Crippen molar-refractivity contribution in [1.29, 1.82) is 5.26 Å². The van der Waals surface area contributed by atoms with E-state index in [4.69, 9.17) is 10.00 Å². The summed E-state index contributed by atoms with van der Waals surface area (Å²) in [5.74, 6) is 0.842. The summed E-state index contributed by atoms with van der Waals surface area (Å²) in [5.41, 5.74) is 1.33. The minimum atomic E-state index is -0.433. The van der Waals surface area contributed by atoms with Crippen LogP contribution >= 0.6 is 0 Å². The standard InChI is InChI=1S/C11H13NO2/c1-2-14-11(13)10(6-12)8-4-3-7-5-9(7)8/h7,9H,2-5H2,1H3/b10-8-. The van der Waals surface area contributed by atoms with Gasteiger partial charge in [-0.05, 0) is 43.6 Å². The zero-order valence-corrected chi connectivity index (χ0v) is 8.25. The number of fused-ring (bicyclic) bond motifs is 1. The van der Waals surface area contributed by atoms with Crippen LogP contribution in [0.5, 0.6) is 0 Å². The summed E-state index contributed by atoms with van der Waals surface area (Å²) in [4.78, 5) is 11.4. The summed E-state index contributed by atoms with van der Waals surface area (Å²) < 4.78 is 4.85. The molecule has 0 aromatic rings. The van der Waals surface area contributed by atoms with Crippen LogP contribution in [0.3, 0.4) is 0 Å². The van der Waals surface area contributed by atoms with E-state index in [1.165, 1.54) is 6.42 Å². The molecule has 0 heterocycles. The topological polar surface area (TPSA) is 50.1 Å². The lowest BCUT2D eigenvalue weighted by molar-refractivity contribution is -0.138. The van der Waals surface area contributed by atoms with Crippen molar-refractivity contribution in [2.45, 2.75) is 26.2 Å². The first kappa shape index (κ1) is 9.26. The molecule has 0 radical (unpaired) electrons. The van der Waals surface area contributed by atoms with Gasteiger partial charge >= 0.3 is 5.97 Å². The second-order valence-electron chi connectivity index (χ2n) is 3.87. The predicted molar refractivity (Wildman–Crippen MR) is 50.1 cm³/mol. The first-order chi connectivity index (χ1) is 6.77. The molecule has 0 aromatic carbocycles. The van der Waals surface area contributed by atoms with E-state index in [0.717, 1.165) is 24.3 Å². The van der Waals surface area contributed by atoms with Crippen molar-refractivity contribution in [3.8, 4) is 6.07 Å². The zero-order valence-electron chi connectivity index (χ0n) is 8.25. The monoisotopic (exact) mass is 191 g/mol. The number of carbonyl (C=O) groups excluding carboxylic acids is 1. The molecule has 2 rings (SSSR count). The Hall–Kier alpha value is -1.30. The Bertz CT molecular complexity index is 338. The highest BCUT2D eigenvalue weighted by atomic mass is 16.5. The first-order valence-corrected chi connectivity index (χ1v) is 5.08. The van der Waals surface area contributed by atoms with Crippen LogP contribution in [0, 0.1) is 23.2 Å². The number of hydrogen-bond donors (Lipinski definition) is 0. The summed E-state index contributed by atoms with van der Waals surface area (Å²) >= 11 is 0. The number of allylic oxidation sites excluding steroid dienone is 1. The van der Waals surface area contributed by atoms with E-state index >= 15 is 0 Å². The number of carbonyl (C=O) groups is 1. The SMILES string of the molecule is CCOC(=O)/C(C#N)=C1/CCC2CC12. The maximum absolute atomic E-state index is 11.4. The van der Waals surface area contributed by atoms with Gasteiger partial charge in [0.1, 0.15) is 11.6 Å². The fourth-order valence-corrected chi connectivity index (χ4v) is 2.28. The van der Waals surface area contributed by atoms with Crippen molar-refractivity contribution in [2.24, 2.45) is 11.8 Å². The first-order valence-electron chi connectivity index (χ1n) is 5.08. The number of esters is 1. The Morgan fingerprint density at radius 3 is 2.93 bits per heavy atom. The molecule has 2 fully saturated rings. The van der Waals surface area contributed by atoms with Crippen LogP contribution < -0.4 is 0 Å². The van der Waals surface area contributed by atoms with E-state index in [0.29, 0.717) is 12.5 Å². The minimum absolute atomic E-state index is 0.275. The Kier molecular flexibility index (Phi) is 2.28. The van der Waals surface area contributed by atoms with Gasteiger partial charge in [-0.15, -0.1) is 0 Å². The Morgan fingerprint density at radius 1 is 1.71 bits per heavy atom. The number of nitrogens with zero attached hydrogens (tertiary/aromatic N) is 1. The molecule has 3 heteroatoms. The van der Waals surface area contributed by atoms with Gasteiger partial charge in [-0.25, -0.2) is 4.79 Å². The van der Waals surface area contributed by atoms with Gasteiger partial charge in [0.2, 0.25) is 0 Å². The van der Waals surface area contributed by atoms with Crippen molar-refractivity contribution in [3.63, 3.8) is 0 Å².